The highest BCUT2D eigenvalue weighted by atomic mass is 32.1. The number of hydrogen-bond acceptors (Lipinski definition) is 2. The number of carbonyl (C=O) groups is 1. The summed E-state index contributed by atoms with van der Waals surface area (Å²) in [5.74, 6) is 1.00. The maximum absolute atomic E-state index is 12.0. The zero-order valence-electron chi connectivity index (χ0n) is 10.4. The van der Waals surface area contributed by atoms with Crippen LogP contribution in [0.1, 0.15) is 46.5 Å². The minimum atomic E-state index is -0.574. The molecule has 0 aromatic rings. The van der Waals surface area contributed by atoms with E-state index in [2.05, 4.69) is 12.2 Å². The molecule has 3 nitrogen and oxygen atoms in total. The average Bonchev–Trinajstić information content (AvgIpc) is 2.17. The molecule has 0 atom stereocenters. The van der Waals surface area contributed by atoms with Gasteiger partial charge in [0.2, 0.25) is 5.91 Å². The van der Waals surface area contributed by atoms with E-state index < -0.39 is 5.54 Å². The molecule has 0 bridgehead atoms. The molecule has 0 unspecified atom stereocenters. The molecular weight excluding hydrogens is 220 g/mol. The van der Waals surface area contributed by atoms with Gasteiger partial charge in [-0.1, -0.05) is 19.1 Å². The standard InChI is InChI=1S/C12H22N2OS/c1-8-4-6-9(7-5-8)10(15)14-12(2,3)11(13)16/h8-9H,4-7H2,1-3H3,(H2,13,16)(H,14,15). The summed E-state index contributed by atoms with van der Waals surface area (Å²) in [6.07, 6.45) is 4.26. The Bertz CT molecular complexity index is 281. The van der Waals surface area contributed by atoms with Crippen molar-refractivity contribution in [2.45, 2.75) is 52.0 Å². The molecule has 1 fully saturated rings. The molecule has 4 heteroatoms. The summed E-state index contributed by atoms with van der Waals surface area (Å²) in [5.41, 5.74) is 5.01. The lowest BCUT2D eigenvalue weighted by molar-refractivity contribution is -0.127. The third kappa shape index (κ3) is 3.44. The van der Waals surface area contributed by atoms with Crippen LogP contribution in [-0.2, 0) is 4.79 Å². The van der Waals surface area contributed by atoms with Crippen LogP contribution in [0.15, 0.2) is 0 Å². The van der Waals surface area contributed by atoms with E-state index >= 15 is 0 Å². The van der Waals surface area contributed by atoms with Gasteiger partial charge in [-0.25, -0.2) is 0 Å². The van der Waals surface area contributed by atoms with Crippen molar-refractivity contribution in [2.24, 2.45) is 17.6 Å². The van der Waals surface area contributed by atoms with Crippen molar-refractivity contribution in [3.05, 3.63) is 0 Å². The molecule has 1 amide bonds. The van der Waals surface area contributed by atoms with Crippen molar-refractivity contribution < 1.29 is 4.79 Å². The van der Waals surface area contributed by atoms with Gasteiger partial charge in [-0.15, -0.1) is 0 Å². The molecule has 1 rings (SSSR count). The van der Waals surface area contributed by atoms with Gasteiger partial charge in [-0.05, 0) is 45.4 Å². The number of rotatable bonds is 3. The van der Waals surface area contributed by atoms with Crippen LogP contribution in [0.3, 0.4) is 0 Å². The lowest BCUT2D eigenvalue weighted by atomic mass is 9.82. The Morgan fingerprint density at radius 2 is 1.81 bits per heavy atom. The Kier molecular flexibility index (Phi) is 4.30. The minimum Gasteiger partial charge on any atom is -0.391 e. The van der Waals surface area contributed by atoms with Crippen molar-refractivity contribution in [2.75, 3.05) is 0 Å². The van der Waals surface area contributed by atoms with Gasteiger partial charge in [0.15, 0.2) is 0 Å². The van der Waals surface area contributed by atoms with Crippen LogP contribution in [0.4, 0.5) is 0 Å². The first-order valence-electron chi connectivity index (χ1n) is 5.95. The average molecular weight is 242 g/mol. The Morgan fingerprint density at radius 1 is 1.31 bits per heavy atom. The predicted molar refractivity (Wildman–Crippen MR) is 70.1 cm³/mol. The van der Waals surface area contributed by atoms with Gasteiger partial charge >= 0.3 is 0 Å². The highest BCUT2D eigenvalue weighted by molar-refractivity contribution is 7.80. The smallest absolute Gasteiger partial charge is 0.223 e. The quantitative estimate of drug-likeness (QED) is 0.744. The van der Waals surface area contributed by atoms with Gasteiger partial charge in [-0.2, -0.15) is 0 Å². The Hall–Kier alpha value is -0.640. The van der Waals surface area contributed by atoms with E-state index in [0.717, 1.165) is 31.6 Å². The van der Waals surface area contributed by atoms with Gasteiger partial charge in [-0.3, -0.25) is 4.79 Å². The maximum Gasteiger partial charge on any atom is 0.223 e. The van der Waals surface area contributed by atoms with Crippen LogP contribution >= 0.6 is 12.2 Å². The topological polar surface area (TPSA) is 55.1 Å². The second-order valence-corrected chi connectivity index (χ2v) is 5.88. The fraction of sp³-hybridized carbons (Fsp3) is 0.833. The van der Waals surface area contributed by atoms with Crippen molar-refractivity contribution in [3.63, 3.8) is 0 Å². The van der Waals surface area contributed by atoms with E-state index in [1.165, 1.54) is 0 Å². The SMILES string of the molecule is CC1CCC(C(=O)NC(C)(C)C(N)=S)CC1. The van der Waals surface area contributed by atoms with E-state index in [1.807, 2.05) is 13.8 Å². The molecule has 16 heavy (non-hydrogen) atoms. The van der Waals surface area contributed by atoms with Crippen LogP contribution in [0.5, 0.6) is 0 Å². The molecule has 0 radical (unpaired) electrons. The Balaban J connectivity index is 2.50. The molecule has 0 aromatic heterocycles. The van der Waals surface area contributed by atoms with Crippen molar-refractivity contribution in [1.29, 1.82) is 0 Å². The third-order valence-corrected chi connectivity index (χ3v) is 3.95. The molecule has 0 aliphatic heterocycles. The van der Waals surface area contributed by atoms with E-state index in [4.69, 9.17) is 18.0 Å². The van der Waals surface area contributed by atoms with Crippen molar-refractivity contribution >= 4 is 23.1 Å². The molecular formula is C12H22N2OS. The lowest BCUT2D eigenvalue weighted by Gasteiger charge is -2.30. The van der Waals surface area contributed by atoms with Gasteiger partial charge in [0, 0.05) is 5.92 Å². The monoisotopic (exact) mass is 242 g/mol. The summed E-state index contributed by atoms with van der Waals surface area (Å²) in [7, 11) is 0. The normalized spacial score (nSPS) is 26.2. The van der Waals surface area contributed by atoms with Gasteiger partial charge in [0.1, 0.15) is 0 Å². The van der Waals surface area contributed by atoms with Crippen LogP contribution < -0.4 is 11.1 Å². The summed E-state index contributed by atoms with van der Waals surface area (Å²) in [6, 6.07) is 0. The first-order valence-corrected chi connectivity index (χ1v) is 6.35. The van der Waals surface area contributed by atoms with E-state index in [0.29, 0.717) is 4.99 Å². The fourth-order valence-electron chi connectivity index (χ4n) is 1.99. The number of nitrogens with one attached hydrogen (secondary N) is 1. The molecule has 0 spiro atoms. The number of amides is 1. The fourth-order valence-corrected chi connectivity index (χ4v) is 2.04. The second kappa shape index (κ2) is 5.13. The molecule has 1 aliphatic rings. The molecule has 1 saturated carbocycles. The maximum atomic E-state index is 12.0. The summed E-state index contributed by atoms with van der Waals surface area (Å²) in [4.78, 5) is 12.3. The second-order valence-electron chi connectivity index (χ2n) is 5.44. The van der Waals surface area contributed by atoms with E-state index in [9.17, 15) is 4.79 Å². The lowest BCUT2D eigenvalue weighted by Crippen LogP contribution is -2.53. The summed E-state index contributed by atoms with van der Waals surface area (Å²) in [6.45, 7) is 5.93. The van der Waals surface area contributed by atoms with Crippen LogP contribution in [0, 0.1) is 11.8 Å². The summed E-state index contributed by atoms with van der Waals surface area (Å²) in [5, 5.41) is 2.94. The molecule has 0 aromatic carbocycles. The molecule has 0 heterocycles. The van der Waals surface area contributed by atoms with Gasteiger partial charge in [0.05, 0.1) is 10.5 Å². The Morgan fingerprint density at radius 3 is 2.25 bits per heavy atom. The predicted octanol–water partition coefficient (Wildman–Crippen LogP) is 1.99. The number of nitrogens with two attached hydrogens (primary N) is 1. The molecule has 0 saturated heterocycles. The van der Waals surface area contributed by atoms with Crippen molar-refractivity contribution in [1.82, 2.24) is 5.32 Å². The highest BCUT2D eigenvalue weighted by Gasteiger charge is 2.29. The van der Waals surface area contributed by atoms with Crippen LogP contribution in [-0.4, -0.2) is 16.4 Å². The van der Waals surface area contributed by atoms with E-state index in [1.54, 1.807) is 0 Å². The first kappa shape index (κ1) is 13.4. The zero-order valence-corrected chi connectivity index (χ0v) is 11.2. The summed E-state index contributed by atoms with van der Waals surface area (Å²) >= 11 is 4.93. The Labute approximate surface area is 103 Å². The third-order valence-electron chi connectivity index (χ3n) is 3.44. The van der Waals surface area contributed by atoms with Crippen LogP contribution in [0.25, 0.3) is 0 Å². The molecule has 92 valence electrons. The van der Waals surface area contributed by atoms with Crippen LogP contribution in [0.2, 0.25) is 0 Å². The zero-order chi connectivity index (χ0) is 12.3. The largest absolute Gasteiger partial charge is 0.391 e. The first-order chi connectivity index (χ1) is 7.33. The van der Waals surface area contributed by atoms with E-state index in [-0.39, 0.29) is 11.8 Å². The minimum absolute atomic E-state index is 0.102. The van der Waals surface area contributed by atoms with Crippen molar-refractivity contribution in [3.8, 4) is 0 Å². The molecule has 3 N–H and O–H groups in total. The van der Waals surface area contributed by atoms with Gasteiger partial charge < -0.3 is 11.1 Å². The summed E-state index contributed by atoms with van der Waals surface area (Å²) < 4.78 is 0. The number of thiocarbonyl (C=S) groups is 1. The molecule has 1 aliphatic carbocycles. The number of hydrogen-bond donors (Lipinski definition) is 2. The number of carbonyl (C=O) groups excluding carboxylic acids is 1. The van der Waals surface area contributed by atoms with Gasteiger partial charge in [0.25, 0.3) is 0 Å². The highest BCUT2D eigenvalue weighted by Crippen LogP contribution is 2.28.